The van der Waals surface area contributed by atoms with Crippen molar-refractivity contribution in [3.63, 3.8) is 0 Å². The number of ether oxygens (including phenoxy) is 1. The summed E-state index contributed by atoms with van der Waals surface area (Å²) in [7, 11) is 3.82. The van der Waals surface area contributed by atoms with E-state index in [0.29, 0.717) is 0 Å². The van der Waals surface area contributed by atoms with Crippen molar-refractivity contribution in [3.8, 4) is 5.75 Å². The predicted molar refractivity (Wildman–Crippen MR) is 78.3 cm³/mol. The fourth-order valence-corrected chi connectivity index (χ4v) is 2.36. The Balaban J connectivity index is 2.90. The Kier molecular flexibility index (Phi) is 5.48. The SMILES string of the molecule is CCC(CC)(CN)CN(C)c1ccccc1OC. The van der Waals surface area contributed by atoms with Crippen LogP contribution < -0.4 is 15.4 Å². The number of hydrogen-bond donors (Lipinski definition) is 1. The van der Waals surface area contributed by atoms with E-state index < -0.39 is 0 Å². The first-order chi connectivity index (χ1) is 8.62. The average molecular weight is 250 g/mol. The number of para-hydroxylation sites is 2. The first-order valence-electron chi connectivity index (χ1n) is 6.66. The van der Waals surface area contributed by atoms with E-state index in [1.54, 1.807) is 7.11 Å². The lowest BCUT2D eigenvalue weighted by Gasteiger charge is -2.36. The smallest absolute Gasteiger partial charge is 0.142 e. The molecule has 0 fully saturated rings. The zero-order chi connectivity index (χ0) is 13.6. The van der Waals surface area contributed by atoms with Gasteiger partial charge in [-0.2, -0.15) is 0 Å². The van der Waals surface area contributed by atoms with Crippen LogP contribution in [0.15, 0.2) is 24.3 Å². The molecule has 1 aromatic rings. The zero-order valence-electron chi connectivity index (χ0n) is 12.1. The van der Waals surface area contributed by atoms with Gasteiger partial charge in [-0.15, -0.1) is 0 Å². The molecule has 0 radical (unpaired) electrons. The molecule has 0 saturated heterocycles. The third-order valence-electron chi connectivity index (χ3n) is 4.00. The van der Waals surface area contributed by atoms with E-state index in [1.807, 2.05) is 18.2 Å². The maximum Gasteiger partial charge on any atom is 0.142 e. The molecule has 0 aliphatic heterocycles. The molecule has 0 aliphatic rings. The highest BCUT2D eigenvalue weighted by atomic mass is 16.5. The second-order valence-electron chi connectivity index (χ2n) is 4.94. The highest BCUT2D eigenvalue weighted by molar-refractivity contribution is 5.58. The Morgan fingerprint density at radius 3 is 2.33 bits per heavy atom. The molecule has 0 saturated carbocycles. The van der Waals surface area contributed by atoms with E-state index in [-0.39, 0.29) is 5.41 Å². The van der Waals surface area contributed by atoms with Crippen LogP contribution in [0.2, 0.25) is 0 Å². The second kappa shape index (κ2) is 6.64. The molecule has 0 aliphatic carbocycles. The first-order valence-corrected chi connectivity index (χ1v) is 6.66. The van der Waals surface area contributed by atoms with Crippen molar-refractivity contribution in [2.24, 2.45) is 11.1 Å². The molecule has 0 bridgehead atoms. The van der Waals surface area contributed by atoms with Crippen LogP contribution >= 0.6 is 0 Å². The van der Waals surface area contributed by atoms with Crippen molar-refractivity contribution >= 4 is 5.69 Å². The van der Waals surface area contributed by atoms with Crippen LogP contribution in [0.25, 0.3) is 0 Å². The van der Waals surface area contributed by atoms with Gasteiger partial charge in [-0.05, 0) is 36.9 Å². The fraction of sp³-hybridized carbons (Fsp3) is 0.600. The van der Waals surface area contributed by atoms with Crippen molar-refractivity contribution in [3.05, 3.63) is 24.3 Å². The van der Waals surface area contributed by atoms with Gasteiger partial charge in [-0.25, -0.2) is 0 Å². The molecular weight excluding hydrogens is 224 g/mol. The fourth-order valence-electron chi connectivity index (χ4n) is 2.36. The van der Waals surface area contributed by atoms with Crippen molar-refractivity contribution < 1.29 is 4.74 Å². The Morgan fingerprint density at radius 1 is 1.22 bits per heavy atom. The molecule has 0 unspecified atom stereocenters. The summed E-state index contributed by atoms with van der Waals surface area (Å²) in [5.41, 5.74) is 7.28. The Bertz CT molecular complexity index is 353. The minimum absolute atomic E-state index is 0.190. The number of nitrogens with two attached hydrogens (primary N) is 1. The van der Waals surface area contributed by atoms with E-state index in [4.69, 9.17) is 10.5 Å². The van der Waals surface area contributed by atoms with Gasteiger partial charge < -0.3 is 15.4 Å². The van der Waals surface area contributed by atoms with Crippen LogP contribution in [0.4, 0.5) is 5.69 Å². The molecular formula is C15H26N2O. The van der Waals surface area contributed by atoms with E-state index in [9.17, 15) is 0 Å². The van der Waals surface area contributed by atoms with Crippen molar-refractivity contribution in [2.75, 3.05) is 32.1 Å². The summed E-state index contributed by atoms with van der Waals surface area (Å²) in [6.45, 7) is 6.11. The Hall–Kier alpha value is -1.22. The van der Waals surface area contributed by atoms with E-state index in [0.717, 1.165) is 37.4 Å². The summed E-state index contributed by atoms with van der Waals surface area (Å²) < 4.78 is 5.41. The van der Waals surface area contributed by atoms with Gasteiger partial charge in [0, 0.05) is 13.6 Å². The monoisotopic (exact) mass is 250 g/mol. The van der Waals surface area contributed by atoms with Gasteiger partial charge in [-0.3, -0.25) is 0 Å². The third kappa shape index (κ3) is 3.16. The van der Waals surface area contributed by atoms with E-state index in [1.165, 1.54) is 0 Å². The van der Waals surface area contributed by atoms with Crippen molar-refractivity contribution in [1.82, 2.24) is 0 Å². The van der Waals surface area contributed by atoms with E-state index in [2.05, 4.69) is 31.9 Å². The summed E-state index contributed by atoms with van der Waals surface area (Å²) in [6.07, 6.45) is 2.19. The molecule has 1 rings (SSSR count). The van der Waals surface area contributed by atoms with Gasteiger partial charge in [0.1, 0.15) is 5.75 Å². The number of hydrogen-bond acceptors (Lipinski definition) is 3. The minimum atomic E-state index is 0.190. The van der Waals surface area contributed by atoms with Gasteiger partial charge in [-0.1, -0.05) is 26.0 Å². The lowest BCUT2D eigenvalue weighted by Crippen LogP contribution is -2.40. The van der Waals surface area contributed by atoms with Gasteiger partial charge in [0.05, 0.1) is 12.8 Å². The Morgan fingerprint density at radius 2 is 1.83 bits per heavy atom. The number of rotatable bonds is 7. The summed E-state index contributed by atoms with van der Waals surface area (Å²) in [5.74, 6) is 0.915. The molecule has 1 aromatic carbocycles. The zero-order valence-corrected chi connectivity index (χ0v) is 12.1. The van der Waals surface area contributed by atoms with Crippen LogP contribution in [-0.2, 0) is 0 Å². The van der Waals surface area contributed by atoms with Gasteiger partial charge in [0.2, 0.25) is 0 Å². The lowest BCUT2D eigenvalue weighted by atomic mass is 9.82. The predicted octanol–water partition coefficient (Wildman–Crippen LogP) is 2.90. The molecule has 0 spiro atoms. The standard InChI is InChI=1S/C15H26N2O/c1-5-15(6-2,11-16)12-17(3)13-9-7-8-10-14(13)18-4/h7-10H,5-6,11-12,16H2,1-4H3. The molecule has 3 nitrogen and oxygen atoms in total. The second-order valence-corrected chi connectivity index (χ2v) is 4.94. The number of anilines is 1. The molecule has 18 heavy (non-hydrogen) atoms. The van der Waals surface area contributed by atoms with E-state index >= 15 is 0 Å². The molecule has 0 amide bonds. The molecule has 0 heterocycles. The maximum absolute atomic E-state index is 5.97. The molecule has 2 N–H and O–H groups in total. The van der Waals surface area contributed by atoms with Crippen molar-refractivity contribution in [1.29, 1.82) is 0 Å². The van der Waals surface area contributed by atoms with Crippen LogP contribution in [0.5, 0.6) is 5.75 Å². The number of benzene rings is 1. The Labute approximate surface area is 111 Å². The number of nitrogens with zero attached hydrogens (tertiary/aromatic N) is 1. The molecule has 3 heteroatoms. The maximum atomic E-state index is 5.97. The largest absolute Gasteiger partial charge is 0.495 e. The number of methoxy groups -OCH3 is 1. The normalized spacial score (nSPS) is 11.4. The highest BCUT2D eigenvalue weighted by Crippen LogP contribution is 2.32. The summed E-state index contributed by atoms with van der Waals surface area (Å²) in [6, 6.07) is 8.11. The lowest BCUT2D eigenvalue weighted by molar-refractivity contribution is 0.280. The first kappa shape index (κ1) is 14.8. The van der Waals surface area contributed by atoms with Gasteiger partial charge in [0.25, 0.3) is 0 Å². The average Bonchev–Trinajstić information content (AvgIpc) is 2.44. The molecule has 0 aromatic heterocycles. The van der Waals surface area contributed by atoms with Crippen LogP contribution in [0, 0.1) is 5.41 Å². The summed E-state index contributed by atoms with van der Waals surface area (Å²) in [4.78, 5) is 2.25. The van der Waals surface area contributed by atoms with Crippen LogP contribution in [-0.4, -0.2) is 27.2 Å². The topological polar surface area (TPSA) is 38.5 Å². The van der Waals surface area contributed by atoms with Crippen molar-refractivity contribution in [2.45, 2.75) is 26.7 Å². The van der Waals surface area contributed by atoms with Crippen LogP contribution in [0.1, 0.15) is 26.7 Å². The minimum Gasteiger partial charge on any atom is -0.495 e. The highest BCUT2D eigenvalue weighted by Gasteiger charge is 2.26. The quantitative estimate of drug-likeness (QED) is 0.808. The molecule has 0 atom stereocenters. The van der Waals surface area contributed by atoms with Crippen LogP contribution in [0.3, 0.4) is 0 Å². The van der Waals surface area contributed by atoms with Gasteiger partial charge in [0.15, 0.2) is 0 Å². The summed E-state index contributed by atoms with van der Waals surface area (Å²) in [5, 5.41) is 0. The third-order valence-corrected chi connectivity index (χ3v) is 4.00. The van der Waals surface area contributed by atoms with Gasteiger partial charge >= 0.3 is 0 Å². The summed E-state index contributed by atoms with van der Waals surface area (Å²) >= 11 is 0. The molecule has 102 valence electrons.